The molecule has 3 N–H and O–H groups in total. The van der Waals surface area contributed by atoms with Crippen LogP contribution in [0.3, 0.4) is 0 Å². The van der Waals surface area contributed by atoms with Gasteiger partial charge in [-0.05, 0) is 6.07 Å². The molecule has 16 heavy (non-hydrogen) atoms. The summed E-state index contributed by atoms with van der Waals surface area (Å²) >= 11 is 1.05. The predicted octanol–water partition coefficient (Wildman–Crippen LogP) is 0.763. The van der Waals surface area contributed by atoms with Gasteiger partial charge in [0.05, 0.1) is 5.56 Å². The first-order valence-electron chi connectivity index (χ1n) is 4.42. The minimum Gasteiger partial charge on any atom is -0.479 e. The largest absolute Gasteiger partial charge is 0.479 e. The Morgan fingerprint density at radius 3 is 2.56 bits per heavy atom. The third-order valence-electron chi connectivity index (χ3n) is 2.47. The van der Waals surface area contributed by atoms with E-state index in [0.717, 1.165) is 11.8 Å². The Bertz CT molecular complexity index is 484. The van der Waals surface area contributed by atoms with Crippen LogP contribution in [-0.2, 0) is 10.4 Å². The summed E-state index contributed by atoms with van der Waals surface area (Å²) in [5, 5.41) is 27.8. The number of benzene rings is 1. The lowest BCUT2D eigenvalue weighted by Gasteiger charge is -2.17. The zero-order valence-corrected chi connectivity index (χ0v) is 8.82. The smallest absolute Gasteiger partial charge is 0.341 e. The summed E-state index contributed by atoms with van der Waals surface area (Å²) in [5.74, 6) is -2.55. The van der Waals surface area contributed by atoms with Crippen molar-refractivity contribution >= 4 is 23.7 Å². The van der Waals surface area contributed by atoms with E-state index in [9.17, 15) is 14.7 Å². The van der Waals surface area contributed by atoms with E-state index >= 15 is 0 Å². The summed E-state index contributed by atoms with van der Waals surface area (Å²) in [7, 11) is 0. The van der Waals surface area contributed by atoms with Gasteiger partial charge in [0.15, 0.2) is 5.60 Å². The number of fused-ring (bicyclic) bond motifs is 1. The van der Waals surface area contributed by atoms with E-state index in [-0.39, 0.29) is 16.9 Å². The van der Waals surface area contributed by atoms with Crippen LogP contribution in [-0.4, -0.2) is 33.0 Å². The van der Waals surface area contributed by atoms with Crippen LogP contribution in [0.4, 0.5) is 0 Å². The molecule has 0 aliphatic carbocycles. The SMILES string of the molecule is O=C(O)c1cccc2c1SCC2(O)C(=O)O. The van der Waals surface area contributed by atoms with Crippen LogP contribution in [0.25, 0.3) is 0 Å². The van der Waals surface area contributed by atoms with Crippen LogP contribution in [0.15, 0.2) is 23.1 Å². The van der Waals surface area contributed by atoms with Crippen molar-refractivity contribution < 1.29 is 24.9 Å². The number of carbonyl (C=O) groups is 2. The van der Waals surface area contributed by atoms with Crippen LogP contribution < -0.4 is 0 Å². The predicted molar refractivity (Wildman–Crippen MR) is 55.7 cm³/mol. The number of aliphatic hydroxyl groups is 1. The molecule has 1 aliphatic heterocycles. The molecule has 1 aromatic carbocycles. The number of carboxylic acids is 2. The minimum absolute atomic E-state index is 0.0275. The molecule has 1 unspecified atom stereocenters. The first-order valence-corrected chi connectivity index (χ1v) is 5.41. The van der Waals surface area contributed by atoms with Crippen molar-refractivity contribution in [3.63, 3.8) is 0 Å². The zero-order valence-electron chi connectivity index (χ0n) is 8.01. The Balaban J connectivity index is 2.62. The van der Waals surface area contributed by atoms with E-state index in [1.807, 2.05) is 0 Å². The molecule has 0 aromatic heterocycles. The lowest BCUT2D eigenvalue weighted by Crippen LogP contribution is -2.35. The van der Waals surface area contributed by atoms with Gasteiger partial charge in [0, 0.05) is 16.2 Å². The van der Waals surface area contributed by atoms with Gasteiger partial charge in [-0.2, -0.15) is 0 Å². The van der Waals surface area contributed by atoms with Crippen molar-refractivity contribution in [1.29, 1.82) is 0 Å². The van der Waals surface area contributed by atoms with Crippen LogP contribution in [0.1, 0.15) is 15.9 Å². The van der Waals surface area contributed by atoms with E-state index in [0.29, 0.717) is 4.90 Å². The summed E-state index contributed by atoms with van der Waals surface area (Å²) in [6.45, 7) is 0. The highest BCUT2D eigenvalue weighted by Crippen LogP contribution is 2.44. The Kier molecular flexibility index (Phi) is 2.40. The van der Waals surface area contributed by atoms with E-state index in [4.69, 9.17) is 10.2 Å². The minimum atomic E-state index is -1.98. The third kappa shape index (κ3) is 1.38. The van der Waals surface area contributed by atoms with Gasteiger partial charge in [-0.15, -0.1) is 11.8 Å². The maximum atomic E-state index is 11.0. The molecule has 0 radical (unpaired) electrons. The number of carboxylic acid groups (broad SMARTS) is 2. The zero-order chi connectivity index (χ0) is 11.9. The summed E-state index contributed by atoms with van der Waals surface area (Å²) in [4.78, 5) is 22.2. The molecule has 0 spiro atoms. The fourth-order valence-corrected chi connectivity index (χ4v) is 2.95. The topological polar surface area (TPSA) is 94.8 Å². The fraction of sp³-hybridized carbons (Fsp3) is 0.200. The second-order valence-electron chi connectivity index (χ2n) is 3.44. The van der Waals surface area contributed by atoms with Gasteiger partial charge in [0.2, 0.25) is 0 Å². The number of rotatable bonds is 2. The average Bonchev–Trinajstić information content (AvgIpc) is 2.58. The molecule has 0 saturated carbocycles. The Morgan fingerprint density at radius 2 is 2.00 bits per heavy atom. The standard InChI is InChI=1S/C10H8O5S/c11-8(12)5-2-1-3-6-7(5)16-4-10(6,15)9(13)14/h1-3,15H,4H2,(H,11,12)(H,13,14). The normalized spacial score (nSPS) is 22.8. The molecule has 6 heteroatoms. The third-order valence-corrected chi connectivity index (χ3v) is 3.76. The molecule has 0 amide bonds. The van der Waals surface area contributed by atoms with Crippen LogP contribution in [0, 0.1) is 0 Å². The van der Waals surface area contributed by atoms with Crippen LogP contribution >= 0.6 is 11.8 Å². The molecule has 0 saturated heterocycles. The van der Waals surface area contributed by atoms with E-state index in [1.54, 1.807) is 0 Å². The van der Waals surface area contributed by atoms with Gasteiger partial charge in [0.1, 0.15) is 0 Å². The van der Waals surface area contributed by atoms with Crippen molar-refractivity contribution in [2.45, 2.75) is 10.5 Å². The van der Waals surface area contributed by atoms with E-state index < -0.39 is 17.5 Å². The highest BCUT2D eigenvalue weighted by Gasteiger charge is 2.45. The maximum Gasteiger partial charge on any atom is 0.341 e. The van der Waals surface area contributed by atoms with Gasteiger partial charge >= 0.3 is 11.9 Å². The van der Waals surface area contributed by atoms with Gasteiger partial charge in [-0.25, -0.2) is 9.59 Å². The molecule has 5 nitrogen and oxygen atoms in total. The molecule has 0 fully saturated rings. The molecular formula is C10H8O5S. The van der Waals surface area contributed by atoms with Crippen molar-refractivity contribution in [3.8, 4) is 0 Å². The molecular weight excluding hydrogens is 232 g/mol. The second kappa shape index (κ2) is 3.50. The Hall–Kier alpha value is -1.53. The summed E-state index contributed by atoms with van der Waals surface area (Å²) in [6, 6.07) is 4.26. The molecule has 0 bridgehead atoms. The van der Waals surface area contributed by atoms with Crippen LogP contribution in [0.5, 0.6) is 0 Å². The number of aromatic carboxylic acids is 1. The molecule has 1 aromatic rings. The molecule has 2 rings (SSSR count). The molecule has 1 heterocycles. The first-order chi connectivity index (χ1) is 7.47. The Labute approximate surface area is 94.7 Å². The van der Waals surface area contributed by atoms with Gasteiger partial charge in [-0.3, -0.25) is 0 Å². The van der Waals surface area contributed by atoms with Crippen LogP contribution in [0.2, 0.25) is 0 Å². The number of hydrogen-bond donors (Lipinski definition) is 3. The number of hydrogen-bond acceptors (Lipinski definition) is 4. The van der Waals surface area contributed by atoms with E-state index in [1.165, 1.54) is 18.2 Å². The van der Waals surface area contributed by atoms with Gasteiger partial charge < -0.3 is 15.3 Å². The van der Waals surface area contributed by atoms with Gasteiger partial charge in [0.25, 0.3) is 0 Å². The number of aliphatic carboxylic acids is 1. The monoisotopic (exact) mass is 240 g/mol. The maximum absolute atomic E-state index is 11.0. The van der Waals surface area contributed by atoms with Crippen molar-refractivity contribution in [2.75, 3.05) is 5.75 Å². The molecule has 1 atom stereocenters. The Morgan fingerprint density at radius 1 is 1.31 bits per heavy atom. The molecule has 84 valence electrons. The lowest BCUT2D eigenvalue weighted by molar-refractivity contribution is -0.156. The number of thioether (sulfide) groups is 1. The summed E-state index contributed by atoms with van der Waals surface area (Å²) < 4.78 is 0. The summed E-state index contributed by atoms with van der Waals surface area (Å²) in [6.07, 6.45) is 0. The highest BCUT2D eigenvalue weighted by molar-refractivity contribution is 7.99. The van der Waals surface area contributed by atoms with Crippen molar-refractivity contribution in [1.82, 2.24) is 0 Å². The van der Waals surface area contributed by atoms with Crippen molar-refractivity contribution in [2.24, 2.45) is 0 Å². The average molecular weight is 240 g/mol. The van der Waals surface area contributed by atoms with E-state index in [2.05, 4.69) is 0 Å². The second-order valence-corrected chi connectivity index (χ2v) is 4.43. The molecule has 1 aliphatic rings. The summed E-state index contributed by atoms with van der Waals surface area (Å²) in [5.41, 5.74) is -1.80. The quantitative estimate of drug-likeness (QED) is 0.706. The highest BCUT2D eigenvalue weighted by atomic mass is 32.2. The first kappa shape index (κ1) is 11.0. The fourth-order valence-electron chi connectivity index (χ4n) is 1.62. The van der Waals surface area contributed by atoms with Crippen molar-refractivity contribution in [3.05, 3.63) is 29.3 Å². The van der Waals surface area contributed by atoms with Gasteiger partial charge in [-0.1, -0.05) is 12.1 Å². The lowest BCUT2D eigenvalue weighted by atomic mass is 9.95.